The highest BCUT2D eigenvalue weighted by Crippen LogP contribution is 2.39. The first-order chi connectivity index (χ1) is 8.63. The van der Waals surface area contributed by atoms with E-state index in [2.05, 4.69) is 13.0 Å². The van der Waals surface area contributed by atoms with E-state index >= 15 is 0 Å². The molecule has 1 aromatic carbocycles. The maximum atomic E-state index is 6.08. The Morgan fingerprint density at radius 3 is 2.83 bits per heavy atom. The number of hydrogen-bond donors (Lipinski definition) is 1. The lowest BCUT2D eigenvalue weighted by Crippen LogP contribution is -2.15. The van der Waals surface area contributed by atoms with E-state index in [9.17, 15) is 0 Å². The summed E-state index contributed by atoms with van der Waals surface area (Å²) in [5.41, 5.74) is 7.18. The number of benzene rings is 1. The van der Waals surface area contributed by atoms with Gasteiger partial charge in [0, 0.05) is 28.4 Å². The molecule has 0 bridgehead atoms. The van der Waals surface area contributed by atoms with Crippen LogP contribution in [0, 0.1) is 0 Å². The maximum Gasteiger partial charge on any atom is 0.124 e. The molecule has 1 saturated heterocycles. The number of nitrogens with two attached hydrogens (primary N) is 1. The molecule has 1 aromatic rings. The Bertz CT molecular complexity index is 409. The minimum Gasteiger partial charge on any atom is -0.496 e. The van der Waals surface area contributed by atoms with Crippen LogP contribution < -0.4 is 10.5 Å². The molecule has 1 heterocycles. The third-order valence-corrected chi connectivity index (χ3v) is 4.82. The van der Waals surface area contributed by atoms with Gasteiger partial charge in [-0.1, -0.05) is 6.07 Å². The van der Waals surface area contributed by atoms with Crippen LogP contribution in [0.5, 0.6) is 5.75 Å². The Hall–Kier alpha value is -0.710. The molecule has 0 spiro atoms. The zero-order chi connectivity index (χ0) is 13.1. The summed E-state index contributed by atoms with van der Waals surface area (Å²) in [4.78, 5) is 1.21. The fraction of sp³-hybridized carbons (Fsp3) is 0.571. The molecule has 3 atom stereocenters. The molecule has 18 heavy (non-hydrogen) atoms. The van der Waals surface area contributed by atoms with Crippen LogP contribution in [0.2, 0.25) is 0 Å². The Morgan fingerprint density at radius 1 is 1.50 bits per heavy atom. The van der Waals surface area contributed by atoms with Gasteiger partial charge < -0.3 is 15.2 Å². The highest BCUT2D eigenvalue weighted by Gasteiger charge is 2.26. The second-order valence-electron chi connectivity index (χ2n) is 4.68. The fourth-order valence-corrected chi connectivity index (χ4v) is 3.66. The Labute approximate surface area is 113 Å². The van der Waals surface area contributed by atoms with Crippen molar-refractivity contribution >= 4 is 11.8 Å². The van der Waals surface area contributed by atoms with E-state index in [0.29, 0.717) is 11.4 Å². The van der Waals surface area contributed by atoms with E-state index in [4.69, 9.17) is 15.2 Å². The van der Waals surface area contributed by atoms with Crippen molar-refractivity contribution in [3.05, 3.63) is 23.8 Å². The largest absolute Gasteiger partial charge is 0.496 e. The molecule has 0 aliphatic carbocycles. The molecule has 1 aliphatic rings. The zero-order valence-electron chi connectivity index (χ0n) is 11.2. The Balaban J connectivity index is 2.26. The van der Waals surface area contributed by atoms with Gasteiger partial charge in [-0.2, -0.15) is 0 Å². The first-order valence-corrected chi connectivity index (χ1v) is 7.22. The lowest BCUT2D eigenvalue weighted by atomic mass is 10.1. The van der Waals surface area contributed by atoms with Crippen molar-refractivity contribution in [2.24, 2.45) is 5.73 Å². The summed E-state index contributed by atoms with van der Waals surface area (Å²) in [7, 11) is 1.69. The summed E-state index contributed by atoms with van der Waals surface area (Å²) >= 11 is 1.86. The number of ether oxygens (including phenoxy) is 2. The van der Waals surface area contributed by atoms with Crippen LogP contribution in [-0.2, 0) is 4.74 Å². The predicted molar refractivity (Wildman–Crippen MR) is 75.3 cm³/mol. The van der Waals surface area contributed by atoms with E-state index in [1.165, 1.54) is 4.90 Å². The highest BCUT2D eigenvalue weighted by atomic mass is 32.2. The Morgan fingerprint density at radius 2 is 2.28 bits per heavy atom. The molecule has 0 radical (unpaired) electrons. The van der Waals surface area contributed by atoms with E-state index in [0.717, 1.165) is 24.3 Å². The zero-order valence-corrected chi connectivity index (χ0v) is 12.0. The van der Waals surface area contributed by atoms with Gasteiger partial charge in [0.15, 0.2) is 0 Å². The van der Waals surface area contributed by atoms with Gasteiger partial charge in [0.1, 0.15) is 5.75 Å². The number of thioether (sulfide) groups is 1. The lowest BCUT2D eigenvalue weighted by molar-refractivity contribution is 0.127. The minimum atomic E-state index is -0.0266. The molecular weight excluding hydrogens is 246 g/mol. The number of rotatable bonds is 4. The third-order valence-electron chi connectivity index (χ3n) is 3.29. The van der Waals surface area contributed by atoms with Crippen LogP contribution in [0.3, 0.4) is 0 Å². The molecule has 1 aliphatic heterocycles. The molecule has 2 rings (SSSR count). The molecule has 2 N–H and O–H groups in total. The SMILES string of the molecule is COc1cccc(SC2CCOC2C)c1[C@@H](C)N. The van der Waals surface area contributed by atoms with Crippen LogP contribution in [0.15, 0.2) is 23.1 Å². The monoisotopic (exact) mass is 267 g/mol. The van der Waals surface area contributed by atoms with Gasteiger partial charge in [0.25, 0.3) is 0 Å². The summed E-state index contributed by atoms with van der Waals surface area (Å²) in [5, 5.41) is 0.509. The third kappa shape index (κ3) is 2.82. The molecule has 100 valence electrons. The fourth-order valence-electron chi connectivity index (χ4n) is 2.28. The van der Waals surface area contributed by atoms with Gasteiger partial charge in [0.05, 0.1) is 13.2 Å². The first-order valence-electron chi connectivity index (χ1n) is 6.34. The molecule has 3 nitrogen and oxygen atoms in total. The van der Waals surface area contributed by atoms with E-state index in [1.807, 2.05) is 30.8 Å². The lowest BCUT2D eigenvalue weighted by Gasteiger charge is -2.20. The van der Waals surface area contributed by atoms with Crippen molar-refractivity contribution in [2.75, 3.05) is 13.7 Å². The maximum absolute atomic E-state index is 6.08. The predicted octanol–water partition coefficient (Wildman–Crippen LogP) is 2.98. The molecule has 0 aromatic heterocycles. The molecule has 0 saturated carbocycles. The summed E-state index contributed by atoms with van der Waals surface area (Å²) in [5.74, 6) is 0.876. The quantitative estimate of drug-likeness (QED) is 0.911. The second kappa shape index (κ2) is 5.95. The van der Waals surface area contributed by atoms with Crippen LogP contribution in [-0.4, -0.2) is 25.1 Å². The van der Waals surface area contributed by atoms with Gasteiger partial charge in [0.2, 0.25) is 0 Å². The summed E-state index contributed by atoms with van der Waals surface area (Å²) in [6.45, 7) is 4.99. The van der Waals surface area contributed by atoms with Crippen molar-refractivity contribution in [2.45, 2.75) is 42.6 Å². The van der Waals surface area contributed by atoms with Gasteiger partial charge >= 0.3 is 0 Å². The van der Waals surface area contributed by atoms with Crippen molar-refractivity contribution in [3.63, 3.8) is 0 Å². The van der Waals surface area contributed by atoms with Crippen LogP contribution in [0.25, 0.3) is 0 Å². The summed E-state index contributed by atoms with van der Waals surface area (Å²) in [6, 6.07) is 6.09. The normalized spacial score (nSPS) is 25.1. The van der Waals surface area contributed by atoms with E-state index in [-0.39, 0.29) is 6.04 Å². The first kappa shape index (κ1) is 13.7. The topological polar surface area (TPSA) is 44.5 Å². The molecule has 4 heteroatoms. The number of methoxy groups -OCH3 is 1. The van der Waals surface area contributed by atoms with Crippen molar-refractivity contribution in [1.29, 1.82) is 0 Å². The smallest absolute Gasteiger partial charge is 0.124 e. The standard InChI is InChI=1S/C14H21NO2S/c1-9(15)14-11(16-3)5-4-6-13(14)18-12-7-8-17-10(12)2/h4-6,9-10,12H,7-8,15H2,1-3H3/t9-,10?,12?/m1/s1. The summed E-state index contributed by atoms with van der Waals surface area (Å²) < 4.78 is 11.0. The molecule has 0 amide bonds. The minimum absolute atomic E-state index is 0.0266. The number of hydrogen-bond acceptors (Lipinski definition) is 4. The van der Waals surface area contributed by atoms with Gasteiger partial charge in [-0.3, -0.25) is 0 Å². The van der Waals surface area contributed by atoms with E-state index < -0.39 is 0 Å². The van der Waals surface area contributed by atoms with Gasteiger partial charge in [-0.15, -0.1) is 11.8 Å². The van der Waals surface area contributed by atoms with Gasteiger partial charge in [-0.25, -0.2) is 0 Å². The second-order valence-corrected chi connectivity index (χ2v) is 5.96. The van der Waals surface area contributed by atoms with Crippen molar-refractivity contribution in [1.82, 2.24) is 0 Å². The van der Waals surface area contributed by atoms with Crippen LogP contribution >= 0.6 is 11.8 Å². The highest BCUT2D eigenvalue weighted by molar-refractivity contribution is 8.00. The summed E-state index contributed by atoms with van der Waals surface area (Å²) in [6.07, 6.45) is 1.41. The Kier molecular flexibility index (Phi) is 4.54. The van der Waals surface area contributed by atoms with Crippen molar-refractivity contribution < 1.29 is 9.47 Å². The average Bonchev–Trinajstić information content (AvgIpc) is 2.74. The van der Waals surface area contributed by atoms with Crippen LogP contribution in [0.1, 0.15) is 31.9 Å². The average molecular weight is 267 g/mol. The van der Waals surface area contributed by atoms with Crippen molar-refractivity contribution in [3.8, 4) is 5.75 Å². The molecule has 2 unspecified atom stereocenters. The molecule has 1 fully saturated rings. The van der Waals surface area contributed by atoms with E-state index in [1.54, 1.807) is 7.11 Å². The molecular formula is C14H21NO2S. The van der Waals surface area contributed by atoms with Crippen LogP contribution in [0.4, 0.5) is 0 Å². The van der Waals surface area contributed by atoms with Gasteiger partial charge in [-0.05, 0) is 32.4 Å².